The molecule has 11 rings (SSSR count). The molecule has 2 atom stereocenters. The lowest BCUT2D eigenvalue weighted by molar-refractivity contribution is 0.527. The Hall–Kier alpha value is -9.90. The third kappa shape index (κ3) is 13.2. The molecule has 0 saturated heterocycles. The summed E-state index contributed by atoms with van der Waals surface area (Å²) in [5.74, 6) is 0.381. The standard InChI is InChI=1S/C77H68N4/c1-3-65(43-34-60(2)78(71-46-39-63(40-47-71)37-35-61-22-10-4-11-23-61)72-52-54-75(55-53-72)79(67-26-14-6-15-27-67)68-28-16-7-17-29-68)66-44-50-74(51-45-66)81(73-48-41-64(42-49-73)38-36-62-24-12-5-13-25-62)77-58-56-76(57-59-77)80(69-30-18-8-19-31-69)70-32-20-9-21-33-70/h4-33,35-42,44-60,65H,3,34,43H2,1-2H3. The van der Waals surface area contributed by atoms with E-state index in [0.29, 0.717) is 5.92 Å². The minimum Gasteiger partial charge on any atom is -0.339 e. The Morgan fingerprint density at radius 3 is 0.802 bits per heavy atom. The summed E-state index contributed by atoms with van der Waals surface area (Å²) < 4.78 is 0. The first-order chi connectivity index (χ1) is 40.0. The van der Waals surface area contributed by atoms with Gasteiger partial charge in [0, 0.05) is 68.6 Å². The molecule has 11 aromatic carbocycles. The summed E-state index contributed by atoms with van der Waals surface area (Å²) in [6.45, 7) is 4.72. The van der Waals surface area contributed by atoms with Gasteiger partial charge in [0.2, 0.25) is 0 Å². The minimum absolute atomic E-state index is 0.206. The van der Waals surface area contributed by atoms with Crippen LogP contribution < -0.4 is 19.6 Å². The van der Waals surface area contributed by atoms with Crippen LogP contribution in [0.2, 0.25) is 0 Å². The van der Waals surface area contributed by atoms with E-state index in [1.807, 2.05) is 0 Å². The highest BCUT2D eigenvalue weighted by molar-refractivity contribution is 5.83. The molecule has 0 N–H and O–H groups in total. The van der Waals surface area contributed by atoms with Gasteiger partial charge in [0.1, 0.15) is 0 Å². The Bertz CT molecular complexity index is 3620. The van der Waals surface area contributed by atoms with Gasteiger partial charge in [-0.25, -0.2) is 0 Å². The van der Waals surface area contributed by atoms with E-state index in [0.717, 1.165) is 76.0 Å². The van der Waals surface area contributed by atoms with Gasteiger partial charge in [0.05, 0.1) is 0 Å². The summed E-state index contributed by atoms with van der Waals surface area (Å²) in [4.78, 5) is 9.54. The van der Waals surface area contributed by atoms with Crippen LogP contribution in [0.1, 0.15) is 66.8 Å². The number of anilines is 11. The zero-order valence-corrected chi connectivity index (χ0v) is 46.2. The molecule has 11 aromatic rings. The second-order valence-electron chi connectivity index (χ2n) is 20.5. The molecule has 0 amide bonds. The summed E-state index contributed by atoms with van der Waals surface area (Å²) in [5, 5.41) is 0. The highest BCUT2D eigenvalue weighted by Gasteiger charge is 2.22. The van der Waals surface area contributed by atoms with Crippen LogP contribution in [0, 0.1) is 0 Å². The van der Waals surface area contributed by atoms with E-state index in [2.05, 4.69) is 361 Å². The molecule has 0 heterocycles. The van der Waals surface area contributed by atoms with Crippen molar-refractivity contribution in [1.29, 1.82) is 0 Å². The largest absolute Gasteiger partial charge is 0.339 e. The molecule has 0 fully saturated rings. The molecule has 0 aliphatic carbocycles. The van der Waals surface area contributed by atoms with Crippen LogP contribution in [0.4, 0.5) is 62.6 Å². The van der Waals surface area contributed by atoms with Gasteiger partial charge >= 0.3 is 0 Å². The summed E-state index contributed by atoms with van der Waals surface area (Å²) >= 11 is 0. The van der Waals surface area contributed by atoms with E-state index in [4.69, 9.17) is 0 Å². The van der Waals surface area contributed by atoms with Crippen LogP contribution >= 0.6 is 0 Å². The van der Waals surface area contributed by atoms with Crippen molar-refractivity contribution in [2.45, 2.75) is 45.1 Å². The van der Waals surface area contributed by atoms with Crippen molar-refractivity contribution < 1.29 is 0 Å². The average molecular weight is 1050 g/mol. The molecule has 0 saturated carbocycles. The first kappa shape index (κ1) is 53.1. The highest BCUT2D eigenvalue weighted by Crippen LogP contribution is 2.42. The van der Waals surface area contributed by atoms with E-state index in [9.17, 15) is 0 Å². The lowest BCUT2D eigenvalue weighted by Gasteiger charge is -2.33. The predicted molar refractivity (Wildman–Crippen MR) is 348 cm³/mol. The van der Waals surface area contributed by atoms with Crippen LogP contribution in [-0.2, 0) is 0 Å². The maximum atomic E-state index is 2.53. The van der Waals surface area contributed by atoms with Crippen molar-refractivity contribution >= 4 is 86.9 Å². The monoisotopic (exact) mass is 1050 g/mol. The third-order valence-corrected chi connectivity index (χ3v) is 15.2. The smallest absolute Gasteiger partial charge is 0.0463 e. The van der Waals surface area contributed by atoms with Crippen LogP contribution in [-0.4, -0.2) is 6.04 Å². The molecule has 81 heavy (non-hydrogen) atoms. The van der Waals surface area contributed by atoms with E-state index in [-0.39, 0.29) is 6.04 Å². The molecule has 0 aromatic heterocycles. The SMILES string of the molecule is CCC(CCC(C)N(c1ccc(C=Cc2ccccc2)cc1)c1ccc(N(c2ccccc2)c2ccccc2)cc1)c1ccc(N(c2ccc(C=Cc3ccccc3)cc2)c2ccc(N(c3ccccc3)c3ccccc3)cc2)cc1. The Balaban J connectivity index is 0.868. The Morgan fingerprint density at radius 2 is 0.494 bits per heavy atom. The Labute approximate surface area is 480 Å². The average Bonchev–Trinajstić information content (AvgIpc) is 3.60. The molecule has 0 radical (unpaired) electrons. The number of para-hydroxylation sites is 4. The maximum Gasteiger partial charge on any atom is 0.0463 e. The third-order valence-electron chi connectivity index (χ3n) is 15.2. The van der Waals surface area contributed by atoms with Gasteiger partial charge in [-0.15, -0.1) is 0 Å². The van der Waals surface area contributed by atoms with Crippen molar-refractivity contribution in [1.82, 2.24) is 0 Å². The molecule has 0 bridgehead atoms. The molecule has 0 aliphatic rings. The van der Waals surface area contributed by atoms with Crippen molar-refractivity contribution in [3.05, 3.63) is 331 Å². The lowest BCUT2D eigenvalue weighted by Crippen LogP contribution is -2.29. The normalized spacial score (nSPS) is 12.0. The fourth-order valence-corrected chi connectivity index (χ4v) is 10.9. The van der Waals surface area contributed by atoms with Crippen LogP contribution in [0.25, 0.3) is 24.3 Å². The van der Waals surface area contributed by atoms with E-state index < -0.39 is 0 Å². The molecular weight excluding hydrogens is 981 g/mol. The van der Waals surface area contributed by atoms with E-state index in [1.54, 1.807) is 0 Å². The Morgan fingerprint density at radius 1 is 0.259 bits per heavy atom. The molecule has 396 valence electrons. The van der Waals surface area contributed by atoms with Crippen molar-refractivity contribution in [2.75, 3.05) is 19.6 Å². The molecular formula is C77H68N4. The molecule has 4 heteroatoms. The van der Waals surface area contributed by atoms with Gasteiger partial charge in [0.15, 0.2) is 0 Å². The van der Waals surface area contributed by atoms with Gasteiger partial charge in [0.25, 0.3) is 0 Å². The summed E-state index contributed by atoms with van der Waals surface area (Å²) in [5.41, 5.74) is 18.3. The topological polar surface area (TPSA) is 13.0 Å². The quantitative estimate of drug-likeness (QED) is 0.0665. The zero-order valence-electron chi connectivity index (χ0n) is 46.2. The first-order valence-corrected chi connectivity index (χ1v) is 28.4. The van der Waals surface area contributed by atoms with Crippen molar-refractivity contribution in [2.24, 2.45) is 0 Å². The van der Waals surface area contributed by atoms with Crippen LogP contribution in [0.5, 0.6) is 0 Å². The van der Waals surface area contributed by atoms with E-state index >= 15 is 0 Å². The minimum atomic E-state index is 0.206. The van der Waals surface area contributed by atoms with Crippen molar-refractivity contribution in [3.63, 3.8) is 0 Å². The van der Waals surface area contributed by atoms with Gasteiger partial charge in [-0.05, 0) is 193 Å². The highest BCUT2D eigenvalue weighted by atomic mass is 15.2. The second kappa shape index (κ2) is 26.2. The predicted octanol–water partition coefficient (Wildman–Crippen LogP) is 21.9. The molecule has 4 nitrogen and oxygen atoms in total. The number of hydrogen-bond donors (Lipinski definition) is 0. The van der Waals surface area contributed by atoms with Gasteiger partial charge in [-0.3, -0.25) is 0 Å². The molecule has 2 unspecified atom stereocenters. The Kier molecular flexibility index (Phi) is 17.2. The van der Waals surface area contributed by atoms with Crippen molar-refractivity contribution in [3.8, 4) is 0 Å². The zero-order chi connectivity index (χ0) is 55.0. The lowest BCUT2D eigenvalue weighted by atomic mass is 9.90. The second-order valence-corrected chi connectivity index (χ2v) is 20.5. The summed E-state index contributed by atoms with van der Waals surface area (Å²) in [6, 6.07) is 109. The van der Waals surface area contributed by atoms with Crippen LogP contribution in [0.15, 0.2) is 303 Å². The summed E-state index contributed by atoms with van der Waals surface area (Å²) in [6.07, 6.45) is 11.8. The number of nitrogens with zero attached hydrogens (tertiary/aromatic N) is 4. The fraction of sp³-hybridized carbons (Fsp3) is 0.0909. The fourth-order valence-electron chi connectivity index (χ4n) is 10.9. The first-order valence-electron chi connectivity index (χ1n) is 28.4. The number of hydrogen-bond acceptors (Lipinski definition) is 4. The maximum absolute atomic E-state index is 2.53. The van der Waals surface area contributed by atoms with Crippen LogP contribution in [0.3, 0.4) is 0 Å². The molecule has 0 aliphatic heterocycles. The number of benzene rings is 11. The van der Waals surface area contributed by atoms with Gasteiger partial charge in [-0.2, -0.15) is 0 Å². The van der Waals surface area contributed by atoms with E-state index in [1.165, 1.54) is 33.6 Å². The number of rotatable bonds is 21. The summed E-state index contributed by atoms with van der Waals surface area (Å²) in [7, 11) is 0. The van der Waals surface area contributed by atoms with Gasteiger partial charge < -0.3 is 19.6 Å². The molecule has 0 spiro atoms. The van der Waals surface area contributed by atoms with Gasteiger partial charge in [-0.1, -0.05) is 201 Å².